The zero-order valence-electron chi connectivity index (χ0n) is 11.4. The van der Waals surface area contributed by atoms with Crippen LogP contribution in [0.3, 0.4) is 0 Å². The smallest absolute Gasteiger partial charge is 0.410 e. The van der Waals surface area contributed by atoms with Gasteiger partial charge in [0, 0.05) is 18.3 Å². The Kier molecular flexibility index (Phi) is 5.58. The summed E-state index contributed by atoms with van der Waals surface area (Å²) in [4.78, 5) is 13.8. The molecule has 19 heavy (non-hydrogen) atoms. The fraction of sp³-hybridized carbons (Fsp3) is 0.533. The summed E-state index contributed by atoms with van der Waals surface area (Å²) in [6.07, 6.45) is 2.11. The fourth-order valence-corrected chi connectivity index (χ4v) is 3.25. The number of benzene rings is 1. The summed E-state index contributed by atoms with van der Waals surface area (Å²) in [5.74, 6) is 1.18. The van der Waals surface area contributed by atoms with Crippen LogP contribution in [0.15, 0.2) is 30.3 Å². The Labute approximate surface area is 119 Å². The monoisotopic (exact) mass is 279 g/mol. The quantitative estimate of drug-likeness (QED) is 0.825. The van der Waals surface area contributed by atoms with E-state index in [2.05, 4.69) is 6.92 Å². The van der Waals surface area contributed by atoms with Crippen LogP contribution in [-0.4, -0.2) is 35.1 Å². The summed E-state index contributed by atoms with van der Waals surface area (Å²) in [6, 6.07) is 9.81. The number of hydrogen-bond donors (Lipinski definition) is 0. The Bertz CT molecular complexity index is 396. The Hall–Kier alpha value is -1.16. The highest BCUT2D eigenvalue weighted by atomic mass is 32.2. The summed E-state index contributed by atoms with van der Waals surface area (Å²) in [5.41, 5.74) is 1.03. The van der Waals surface area contributed by atoms with Gasteiger partial charge in [-0.05, 0) is 24.2 Å². The van der Waals surface area contributed by atoms with Crippen LogP contribution in [0, 0.1) is 0 Å². The van der Waals surface area contributed by atoms with Crippen LogP contribution in [0.4, 0.5) is 4.79 Å². The van der Waals surface area contributed by atoms with Crippen LogP contribution < -0.4 is 0 Å². The maximum atomic E-state index is 11.9. The largest absolute Gasteiger partial charge is 0.445 e. The minimum Gasteiger partial charge on any atom is -0.445 e. The van der Waals surface area contributed by atoms with E-state index in [0.29, 0.717) is 11.9 Å². The number of amides is 1. The third-order valence-electron chi connectivity index (χ3n) is 3.17. The van der Waals surface area contributed by atoms with Crippen molar-refractivity contribution in [3.05, 3.63) is 35.9 Å². The van der Waals surface area contributed by atoms with E-state index in [1.165, 1.54) is 12.2 Å². The highest BCUT2D eigenvalue weighted by molar-refractivity contribution is 7.99. The van der Waals surface area contributed by atoms with Gasteiger partial charge in [-0.2, -0.15) is 11.8 Å². The molecule has 1 heterocycles. The average Bonchev–Trinajstić information content (AvgIpc) is 2.92. The van der Waals surface area contributed by atoms with Gasteiger partial charge in [-0.3, -0.25) is 0 Å². The molecule has 1 aliphatic rings. The van der Waals surface area contributed by atoms with Gasteiger partial charge in [0.2, 0.25) is 0 Å². The van der Waals surface area contributed by atoms with Gasteiger partial charge in [0.25, 0.3) is 0 Å². The van der Waals surface area contributed by atoms with Crippen molar-refractivity contribution in [3.8, 4) is 0 Å². The first-order valence-corrected chi connectivity index (χ1v) is 7.91. The summed E-state index contributed by atoms with van der Waals surface area (Å²) in [7, 11) is 0. The first-order chi connectivity index (χ1) is 9.29. The van der Waals surface area contributed by atoms with Crippen molar-refractivity contribution in [2.75, 3.05) is 18.8 Å². The molecule has 1 saturated heterocycles. The number of carbonyl (C=O) groups is 1. The topological polar surface area (TPSA) is 29.5 Å². The van der Waals surface area contributed by atoms with Gasteiger partial charge in [0.05, 0.1) is 0 Å². The molecule has 0 saturated carbocycles. The molecule has 1 fully saturated rings. The van der Waals surface area contributed by atoms with Crippen molar-refractivity contribution in [1.82, 2.24) is 4.90 Å². The van der Waals surface area contributed by atoms with Gasteiger partial charge in [0.15, 0.2) is 0 Å². The molecule has 4 heteroatoms. The zero-order chi connectivity index (χ0) is 13.5. The van der Waals surface area contributed by atoms with Crippen LogP contribution >= 0.6 is 11.8 Å². The van der Waals surface area contributed by atoms with Gasteiger partial charge >= 0.3 is 6.09 Å². The van der Waals surface area contributed by atoms with E-state index < -0.39 is 0 Å². The van der Waals surface area contributed by atoms with Crippen molar-refractivity contribution < 1.29 is 9.53 Å². The molecule has 0 aromatic heterocycles. The Morgan fingerprint density at radius 2 is 2.21 bits per heavy atom. The second-order valence-electron chi connectivity index (χ2n) is 4.77. The first-order valence-electron chi connectivity index (χ1n) is 6.87. The van der Waals surface area contributed by atoms with Gasteiger partial charge in [-0.1, -0.05) is 37.3 Å². The van der Waals surface area contributed by atoms with Gasteiger partial charge in [-0.15, -0.1) is 0 Å². The van der Waals surface area contributed by atoms with Crippen molar-refractivity contribution >= 4 is 17.9 Å². The predicted octanol–water partition coefficient (Wildman–Crippen LogP) is 3.54. The van der Waals surface area contributed by atoms with Crippen LogP contribution in [0.25, 0.3) is 0 Å². The minimum atomic E-state index is -0.177. The molecule has 1 unspecified atom stereocenters. The fourth-order valence-electron chi connectivity index (χ4n) is 2.13. The normalized spacial score (nSPS) is 18.6. The third kappa shape index (κ3) is 4.46. The van der Waals surface area contributed by atoms with Gasteiger partial charge in [-0.25, -0.2) is 4.79 Å². The molecule has 1 aromatic carbocycles. The number of carbonyl (C=O) groups excluding carboxylic acids is 1. The molecule has 0 bridgehead atoms. The number of nitrogens with zero attached hydrogens (tertiary/aromatic N) is 1. The Morgan fingerprint density at radius 3 is 2.95 bits per heavy atom. The van der Waals surface area contributed by atoms with E-state index in [0.717, 1.165) is 25.1 Å². The van der Waals surface area contributed by atoms with Crippen LogP contribution in [0.2, 0.25) is 0 Å². The first kappa shape index (κ1) is 14.3. The van der Waals surface area contributed by atoms with Crippen LogP contribution in [0.1, 0.15) is 25.3 Å². The molecule has 0 radical (unpaired) electrons. The van der Waals surface area contributed by atoms with E-state index in [4.69, 9.17) is 4.74 Å². The highest BCUT2D eigenvalue weighted by Crippen LogP contribution is 2.23. The summed E-state index contributed by atoms with van der Waals surface area (Å²) in [6.45, 7) is 4.21. The molecule has 0 spiro atoms. The SMILES string of the molecule is CCCSC1CCN(C(=O)OCc2ccccc2)C1. The van der Waals surface area contributed by atoms with Crippen molar-refractivity contribution in [3.63, 3.8) is 0 Å². The molecule has 104 valence electrons. The molecular weight excluding hydrogens is 258 g/mol. The summed E-state index contributed by atoms with van der Waals surface area (Å²) >= 11 is 1.97. The lowest BCUT2D eigenvalue weighted by Gasteiger charge is -2.16. The maximum absolute atomic E-state index is 11.9. The third-order valence-corrected chi connectivity index (χ3v) is 4.67. The van der Waals surface area contributed by atoms with E-state index in [9.17, 15) is 4.79 Å². The van der Waals surface area contributed by atoms with Crippen molar-refractivity contribution in [2.45, 2.75) is 31.6 Å². The molecule has 1 aromatic rings. The van der Waals surface area contributed by atoms with E-state index in [1.54, 1.807) is 0 Å². The van der Waals surface area contributed by atoms with E-state index in [1.807, 2.05) is 47.0 Å². The average molecular weight is 279 g/mol. The van der Waals surface area contributed by atoms with E-state index >= 15 is 0 Å². The Balaban J connectivity index is 1.72. The van der Waals surface area contributed by atoms with Crippen LogP contribution in [-0.2, 0) is 11.3 Å². The number of likely N-dealkylation sites (tertiary alicyclic amines) is 1. The molecule has 2 rings (SSSR count). The Morgan fingerprint density at radius 1 is 1.42 bits per heavy atom. The lowest BCUT2D eigenvalue weighted by molar-refractivity contribution is 0.104. The zero-order valence-corrected chi connectivity index (χ0v) is 12.2. The second-order valence-corrected chi connectivity index (χ2v) is 6.18. The highest BCUT2D eigenvalue weighted by Gasteiger charge is 2.27. The molecular formula is C15H21NO2S. The second kappa shape index (κ2) is 7.43. The lowest BCUT2D eigenvalue weighted by atomic mass is 10.2. The number of ether oxygens (including phenoxy) is 1. The van der Waals surface area contributed by atoms with Gasteiger partial charge < -0.3 is 9.64 Å². The maximum Gasteiger partial charge on any atom is 0.410 e. The molecule has 1 atom stereocenters. The molecule has 0 N–H and O–H groups in total. The number of hydrogen-bond acceptors (Lipinski definition) is 3. The lowest BCUT2D eigenvalue weighted by Crippen LogP contribution is -2.29. The summed E-state index contributed by atoms with van der Waals surface area (Å²) < 4.78 is 5.34. The van der Waals surface area contributed by atoms with Crippen molar-refractivity contribution in [2.24, 2.45) is 0 Å². The van der Waals surface area contributed by atoms with Crippen molar-refractivity contribution in [1.29, 1.82) is 0 Å². The summed E-state index contributed by atoms with van der Waals surface area (Å²) in [5, 5.41) is 0.587. The van der Waals surface area contributed by atoms with Crippen LogP contribution in [0.5, 0.6) is 0 Å². The van der Waals surface area contributed by atoms with Gasteiger partial charge in [0.1, 0.15) is 6.61 Å². The number of thioether (sulfide) groups is 1. The predicted molar refractivity (Wildman–Crippen MR) is 79.4 cm³/mol. The standard InChI is InChI=1S/C15H21NO2S/c1-2-10-19-14-8-9-16(11-14)15(17)18-12-13-6-4-3-5-7-13/h3-7,14H,2,8-12H2,1H3. The molecule has 1 amide bonds. The molecule has 1 aliphatic heterocycles. The molecule has 3 nitrogen and oxygen atoms in total. The molecule has 0 aliphatic carbocycles. The van der Waals surface area contributed by atoms with E-state index in [-0.39, 0.29) is 6.09 Å². The number of rotatable bonds is 5. The minimum absolute atomic E-state index is 0.177.